The van der Waals surface area contributed by atoms with Gasteiger partial charge in [0.05, 0.1) is 44.4 Å². The largest absolute Gasteiger partial charge is 0.453 e. The van der Waals surface area contributed by atoms with Gasteiger partial charge in [-0.1, -0.05) is 76.2 Å². The minimum absolute atomic E-state index is 0.101. The van der Waals surface area contributed by atoms with Crippen molar-refractivity contribution in [2.75, 3.05) is 40.1 Å². The van der Waals surface area contributed by atoms with E-state index in [1.165, 1.54) is 14.2 Å². The van der Waals surface area contributed by atoms with Crippen LogP contribution in [0.4, 0.5) is 9.59 Å². The monoisotopic (exact) mass is 894 g/mol. The van der Waals surface area contributed by atoms with Gasteiger partial charge in [0.25, 0.3) is 0 Å². The maximum atomic E-state index is 14.0. The number of aromatic nitrogens is 2. The number of fused-ring (bicyclic) bond motifs is 1. The van der Waals surface area contributed by atoms with Crippen molar-refractivity contribution in [3.05, 3.63) is 84.4 Å². The van der Waals surface area contributed by atoms with Gasteiger partial charge in [-0.05, 0) is 87.7 Å². The molecule has 4 N–H and O–H groups in total. The van der Waals surface area contributed by atoms with E-state index >= 15 is 0 Å². The number of nitrogens with one attached hydrogen (secondary N) is 4. The lowest BCUT2D eigenvalue weighted by Crippen LogP contribution is -2.53. The summed E-state index contributed by atoms with van der Waals surface area (Å²) in [5, 5.41) is 7.57. The van der Waals surface area contributed by atoms with Gasteiger partial charge in [0.15, 0.2) is 0 Å². The fourth-order valence-electron chi connectivity index (χ4n) is 8.92. The molecular formula is C47H58N8O8S. The van der Waals surface area contributed by atoms with E-state index in [1.807, 2.05) is 50.9 Å². The molecule has 3 aliphatic heterocycles. The smallest absolute Gasteiger partial charge is 0.407 e. The molecule has 4 amide bonds. The van der Waals surface area contributed by atoms with Crippen molar-refractivity contribution in [3.8, 4) is 22.4 Å². The Morgan fingerprint density at radius 1 is 0.797 bits per heavy atom. The second-order valence-corrected chi connectivity index (χ2v) is 19.5. The van der Waals surface area contributed by atoms with Crippen molar-refractivity contribution in [1.29, 1.82) is 0 Å². The standard InChI is InChI=1S/C47H58N8O8S/c1-27(2)41(52-46(58)62-5)44(56)54-18-8-9-39(54)37-22-36(24-48-37)35-17-16-33-20-32(14-15-34(33)21-35)30-10-12-31(13-11-30)38-25-49-43(51-38)40-19-29(23-50-64(7,60)61)26-55(40)45(57)42(28(3)4)53-47(59)63-6/h10-17,20-21,24-25,27-29,39-42,50H,8-9,18-19,22-23,26H2,1-7H3,(H,49,51)(H,52,58)(H,53,59)/t29-,39+,40+,41+,42?/m1/s1. The zero-order valence-corrected chi connectivity index (χ0v) is 38.2. The van der Waals surface area contributed by atoms with E-state index in [-0.39, 0.29) is 48.7 Å². The number of hydrogen-bond donors (Lipinski definition) is 4. The molecular weight excluding hydrogens is 837 g/mol. The van der Waals surface area contributed by atoms with Crippen LogP contribution in [0.2, 0.25) is 0 Å². The molecule has 64 heavy (non-hydrogen) atoms. The van der Waals surface area contributed by atoms with Crippen LogP contribution in [0.3, 0.4) is 0 Å². The van der Waals surface area contributed by atoms with Gasteiger partial charge in [-0.3, -0.25) is 14.6 Å². The molecule has 4 heterocycles. The number of H-pyrrole nitrogens is 1. The number of rotatable bonds is 14. The van der Waals surface area contributed by atoms with Crippen LogP contribution in [0.1, 0.15) is 70.8 Å². The molecule has 2 fully saturated rings. The number of carbonyl (C=O) groups excluding carboxylic acids is 4. The minimum atomic E-state index is -3.44. The van der Waals surface area contributed by atoms with Crippen LogP contribution in [-0.2, 0) is 29.1 Å². The van der Waals surface area contributed by atoms with E-state index in [9.17, 15) is 27.6 Å². The van der Waals surface area contributed by atoms with Crippen molar-refractivity contribution in [1.82, 2.24) is 35.1 Å². The summed E-state index contributed by atoms with van der Waals surface area (Å²) in [5.41, 5.74) is 6.90. The third-order valence-corrected chi connectivity index (χ3v) is 13.1. The summed E-state index contributed by atoms with van der Waals surface area (Å²) in [7, 11) is -0.905. The van der Waals surface area contributed by atoms with Crippen molar-refractivity contribution in [2.24, 2.45) is 22.7 Å². The molecule has 7 rings (SSSR count). The predicted octanol–water partition coefficient (Wildman–Crippen LogP) is 6.27. The second kappa shape index (κ2) is 19.4. The lowest BCUT2D eigenvalue weighted by atomic mass is 9.94. The van der Waals surface area contributed by atoms with Gasteiger partial charge in [-0.15, -0.1) is 0 Å². The summed E-state index contributed by atoms with van der Waals surface area (Å²) < 4.78 is 36.0. The maximum Gasteiger partial charge on any atom is 0.407 e. The first kappa shape index (κ1) is 45.9. The molecule has 1 aromatic heterocycles. The topological polar surface area (TPSA) is 204 Å². The summed E-state index contributed by atoms with van der Waals surface area (Å²) in [6.07, 6.45) is 6.24. The minimum Gasteiger partial charge on any atom is -0.453 e. The van der Waals surface area contributed by atoms with E-state index in [0.717, 1.165) is 69.1 Å². The number of alkyl carbamates (subject to hydrolysis) is 2. The third-order valence-electron chi connectivity index (χ3n) is 12.4. The van der Waals surface area contributed by atoms with E-state index < -0.39 is 40.3 Å². The van der Waals surface area contributed by atoms with Crippen LogP contribution >= 0.6 is 0 Å². The van der Waals surface area contributed by atoms with Gasteiger partial charge in [0.2, 0.25) is 21.8 Å². The Morgan fingerprint density at radius 2 is 1.38 bits per heavy atom. The number of nitrogens with zero attached hydrogens (tertiary/aromatic N) is 4. The number of benzene rings is 3. The first-order valence-corrected chi connectivity index (χ1v) is 23.6. The maximum absolute atomic E-state index is 14.0. The lowest BCUT2D eigenvalue weighted by Gasteiger charge is -2.31. The SMILES string of the molecule is COC(=O)NC(C(=O)N1C[C@@H](CNS(C)(=O)=O)C[C@H]1c1ncc(-c2ccc(-c3ccc4cc(C5=CN=C([C@@H]6CCCN6C(=O)[C@@H](NC(=O)OC)C(C)C)C5)ccc4c3)cc2)[nH]1)C(C)C. The fraction of sp³-hybridized carbons (Fsp3) is 0.447. The Hall–Kier alpha value is -6.07. The van der Waals surface area contributed by atoms with Crippen LogP contribution < -0.4 is 15.4 Å². The molecule has 2 saturated heterocycles. The molecule has 0 aliphatic carbocycles. The van der Waals surface area contributed by atoms with Crippen molar-refractivity contribution < 1.29 is 37.1 Å². The Labute approximate surface area is 374 Å². The number of aliphatic imine (C=N–C) groups is 1. The van der Waals surface area contributed by atoms with E-state index in [2.05, 4.69) is 68.9 Å². The number of likely N-dealkylation sites (tertiary alicyclic amines) is 2. The zero-order valence-electron chi connectivity index (χ0n) is 37.4. The van der Waals surface area contributed by atoms with Crippen LogP contribution in [0.15, 0.2) is 78.1 Å². The number of ether oxygens (including phenoxy) is 2. The molecule has 17 heteroatoms. The lowest BCUT2D eigenvalue weighted by molar-refractivity contribution is -0.136. The first-order valence-electron chi connectivity index (χ1n) is 21.7. The predicted molar refractivity (Wildman–Crippen MR) is 245 cm³/mol. The van der Waals surface area contributed by atoms with Gasteiger partial charge < -0.3 is 34.9 Å². The normalized spacial score (nSPS) is 19.7. The second-order valence-electron chi connectivity index (χ2n) is 17.6. The quantitative estimate of drug-likeness (QED) is 0.112. The van der Waals surface area contributed by atoms with Gasteiger partial charge >= 0.3 is 12.2 Å². The molecule has 16 nitrogen and oxygen atoms in total. The fourth-order valence-corrected chi connectivity index (χ4v) is 9.46. The van der Waals surface area contributed by atoms with Gasteiger partial charge in [0, 0.05) is 38.0 Å². The highest BCUT2D eigenvalue weighted by Crippen LogP contribution is 2.37. The number of allylic oxidation sites excluding steroid dienone is 1. The highest BCUT2D eigenvalue weighted by atomic mass is 32.2. The molecule has 0 spiro atoms. The van der Waals surface area contributed by atoms with Gasteiger partial charge in [-0.25, -0.2) is 27.7 Å². The molecule has 4 aromatic rings. The molecule has 0 saturated carbocycles. The van der Waals surface area contributed by atoms with E-state index in [1.54, 1.807) is 11.1 Å². The summed E-state index contributed by atoms with van der Waals surface area (Å²) >= 11 is 0. The van der Waals surface area contributed by atoms with Gasteiger partial charge in [-0.2, -0.15) is 0 Å². The van der Waals surface area contributed by atoms with E-state index in [0.29, 0.717) is 25.2 Å². The molecule has 0 bridgehead atoms. The van der Waals surface area contributed by atoms with Crippen LogP contribution in [0, 0.1) is 17.8 Å². The Kier molecular flexibility index (Phi) is 13.9. The summed E-state index contributed by atoms with van der Waals surface area (Å²) in [4.78, 5) is 68.2. The number of sulfonamides is 1. The van der Waals surface area contributed by atoms with E-state index in [4.69, 9.17) is 19.5 Å². The summed E-state index contributed by atoms with van der Waals surface area (Å²) in [6, 6.07) is 18.9. The highest BCUT2D eigenvalue weighted by Gasteiger charge is 2.42. The zero-order chi connectivity index (χ0) is 45.9. The number of hydrogen-bond acceptors (Lipinski definition) is 10. The van der Waals surface area contributed by atoms with Crippen molar-refractivity contribution >= 4 is 56.1 Å². The van der Waals surface area contributed by atoms with Crippen LogP contribution in [-0.4, -0.2) is 116 Å². The average Bonchev–Trinajstić information content (AvgIpc) is 4.12. The number of imidazole rings is 1. The molecule has 5 atom stereocenters. The van der Waals surface area contributed by atoms with Crippen LogP contribution in [0.25, 0.3) is 38.7 Å². The van der Waals surface area contributed by atoms with Gasteiger partial charge in [0.1, 0.15) is 17.9 Å². The highest BCUT2D eigenvalue weighted by molar-refractivity contribution is 7.88. The van der Waals surface area contributed by atoms with Crippen LogP contribution in [0.5, 0.6) is 0 Å². The Balaban J connectivity index is 1.02. The Morgan fingerprint density at radius 3 is 1.98 bits per heavy atom. The number of methoxy groups -OCH3 is 2. The molecule has 1 unspecified atom stereocenters. The summed E-state index contributed by atoms with van der Waals surface area (Å²) in [6.45, 7) is 8.56. The number of aromatic amines is 1. The molecule has 3 aliphatic rings. The third kappa shape index (κ3) is 10.3. The molecule has 3 aromatic carbocycles. The average molecular weight is 895 g/mol. The molecule has 0 radical (unpaired) electrons. The van der Waals surface area contributed by atoms with Crippen molar-refractivity contribution in [3.63, 3.8) is 0 Å². The Bertz CT molecular complexity index is 2570. The number of carbonyl (C=O) groups is 4. The number of amides is 4. The van der Waals surface area contributed by atoms with Crippen molar-refractivity contribution in [2.45, 2.75) is 77.5 Å². The molecule has 340 valence electrons. The summed E-state index contributed by atoms with van der Waals surface area (Å²) in [5.74, 6) is -0.350. The first-order chi connectivity index (χ1) is 30.5.